The number of nitro benzene ring substituents is 1. The molecule has 0 atom stereocenters. The quantitative estimate of drug-likeness (QED) is 0.294. The monoisotopic (exact) mass is 329 g/mol. The van der Waals surface area contributed by atoms with Gasteiger partial charge in [0.15, 0.2) is 0 Å². The van der Waals surface area contributed by atoms with E-state index in [0.717, 1.165) is 31.8 Å². The molecular formula is C13H19N3O5S. The van der Waals surface area contributed by atoms with E-state index in [1.54, 1.807) is 0 Å². The molecule has 1 rings (SSSR count). The van der Waals surface area contributed by atoms with Gasteiger partial charge in [-0.25, -0.2) is 8.42 Å². The molecule has 0 spiro atoms. The van der Waals surface area contributed by atoms with E-state index in [1.165, 1.54) is 18.2 Å². The molecule has 0 heterocycles. The van der Waals surface area contributed by atoms with Crippen LogP contribution < -0.4 is 10.0 Å². The lowest BCUT2D eigenvalue weighted by atomic mass is 10.2. The van der Waals surface area contributed by atoms with E-state index in [0.29, 0.717) is 18.7 Å². The minimum Gasteiger partial charge on any atom is -0.379 e. The van der Waals surface area contributed by atoms with Gasteiger partial charge in [0.2, 0.25) is 10.0 Å². The van der Waals surface area contributed by atoms with Crippen LogP contribution in [0.5, 0.6) is 0 Å². The fourth-order valence-corrected chi connectivity index (χ4v) is 2.42. The normalized spacial score (nSPS) is 11.0. The van der Waals surface area contributed by atoms with E-state index < -0.39 is 14.9 Å². The molecule has 1 aromatic rings. The lowest BCUT2D eigenvalue weighted by Gasteiger charge is -2.09. The van der Waals surface area contributed by atoms with Crippen LogP contribution >= 0.6 is 0 Å². The molecule has 0 saturated heterocycles. The van der Waals surface area contributed by atoms with Crippen molar-refractivity contribution in [3.8, 4) is 0 Å². The molecule has 2 N–H and O–H groups in total. The molecular weight excluding hydrogens is 310 g/mol. The summed E-state index contributed by atoms with van der Waals surface area (Å²) in [5.74, 6) is 0. The van der Waals surface area contributed by atoms with E-state index in [2.05, 4.69) is 10.0 Å². The molecule has 1 aromatic carbocycles. The molecule has 0 saturated carbocycles. The number of nitrogens with zero attached hydrogens (tertiary/aromatic N) is 1. The van der Waals surface area contributed by atoms with Crippen LogP contribution in [-0.4, -0.2) is 32.4 Å². The summed E-state index contributed by atoms with van der Waals surface area (Å²) in [5.41, 5.74) is 0.284. The molecule has 0 bridgehead atoms. The van der Waals surface area contributed by atoms with Gasteiger partial charge in [-0.15, -0.1) is 0 Å². The topological polar surface area (TPSA) is 118 Å². The highest BCUT2D eigenvalue weighted by Crippen LogP contribution is 2.28. The van der Waals surface area contributed by atoms with Crippen molar-refractivity contribution >= 4 is 33.4 Å². The summed E-state index contributed by atoms with van der Waals surface area (Å²) in [5, 5.41) is 14.0. The summed E-state index contributed by atoms with van der Waals surface area (Å²) in [4.78, 5) is 20.7. The number of hydrogen-bond acceptors (Lipinski definition) is 6. The predicted octanol–water partition coefficient (Wildman–Crippen LogP) is 2.14. The van der Waals surface area contributed by atoms with Crippen molar-refractivity contribution in [2.75, 3.05) is 22.8 Å². The molecule has 0 aromatic heterocycles. The van der Waals surface area contributed by atoms with Gasteiger partial charge in [0.1, 0.15) is 12.0 Å². The Hall–Kier alpha value is -2.16. The molecule has 0 aliphatic rings. The van der Waals surface area contributed by atoms with E-state index in [9.17, 15) is 23.3 Å². The summed E-state index contributed by atoms with van der Waals surface area (Å²) >= 11 is 0. The van der Waals surface area contributed by atoms with Gasteiger partial charge in [-0.1, -0.05) is 6.42 Å². The number of carbonyl (C=O) groups excluding carboxylic acids is 1. The third-order valence-electron chi connectivity index (χ3n) is 2.81. The van der Waals surface area contributed by atoms with E-state index >= 15 is 0 Å². The third kappa shape index (κ3) is 6.53. The molecule has 8 nitrogen and oxygen atoms in total. The maximum atomic E-state index is 11.1. The van der Waals surface area contributed by atoms with Gasteiger partial charge >= 0.3 is 0 Å². The molecule has 0 aliphatic heterocycles. The van der Waals surface area contributed by atoms with Crippen molar-refractivity contribution in [3.63, 3.8) is 0 Å². The highest BCUT2D eigenvalue weighted by atomic mass is 32.2. The van der Waals surface area contributed by atoms with Gasteiger partial charge in [-0.2, -0.15) is 0 Å². The fraction of sp³-hybridized carbons (Fsp3) is 0.462. The maximum Gasteiger partial charge on any atom is 0.294 e. The van der Waals surface area contributed by atoms with Crippen molar-refractivity contribution in [1.82, 2.24) is 0 Å². The number of anilines is 2. The first-order valence-electron chi connectivity index (χ1n) is 6.77. The van der Waals surface area contributed by atoms with Crippen LogP contribution in [0.3, 0.4) is 0 Å². The molecule has 122 valence electrons. The molecule has 0 radical (unpaired) electrons. The van der Waals surface area contributed by atoms with Crippen molar-refractivity contribution in [2.45, 2.75) is 25.7 Å². The molecule has 0 aliphatic carbocycles. The molecule has 0 amide bonds. The standard InChI is InChI=1S/C13H19N3O5S/c1-22(20,21)15-11-6-7-12(13(10-11)16(18)19)14-8-4-2-3-5-9-17/h6-7,9-10,14-15H,2-5,8H2,1H3. The van der Waals surface area contributed by atoms with Crippen LogP contribution in [0, 0.1) is 10.1 Å². The number of unbranched alkanes of at least 4 members (excludes halogenated alkanes) is 3. The summed E-state index contributed by atoms with van der Waals surface area (Å²) in [6.07, 6.45) is 4.80. The van der Waals surface area contributed by atoms with Crippen molar-refractivity contribution in [3.05, 3.63) is 28.3 Å². The minimum atomic E-state index is -3.48. The van der Waals surface area contributed by atoms with Gasteiger partial charge in [-0.05, 0) is 25.0 Å². The van der Waals surface area contributed by atoms with Gasteiger partial charge in [0, 0.05) is 19.0 Å². The average Bonchev–Trinajstić information content (AvgIpc) is 2.42. The van der Waals surface area contributed by atoms with Crippen LogP contribution in [0.2, 0.25) is 0 Å². The second-order valence-corrected chi connectivity index (χ2v) is 6.55. The Kier molecular flexibility index (Phi) is 6.77. The lowest BCUT2D eigenvalue weighted by Crippen LogP contribution is -2.10. The highest BCUT2D eigenvalue weighted by Gasteiger charge is 2.15. The number of sulfonamides is 1. The Balaban J connectivity index is 2.70. The van der Waals surface area contributed by atoms with Crippen molar-refractivity contribution < 1.29 is 18.1 Å². The number of nitro groups is 1. The first-order valence-corrected chi connectivity index (χ1v) is 8.66. The first kappa shape index (κ1) is 17.9. The molecule has 0 unspecified atom stereocenters. The number of rotatable bonds is 10. The second kappa shape index (κ2) is 8.32. The number of carbonyl (C=O) groups is 1. The summed E-state index contributed by atoms with van der Waals surface area (Å²) in [6, 6.07) is 4.11. The fourth-order valence-electron chi connectivity index (χ4n) is 1.86. The Morgan fingerprint density at radius 1 is 1.27 bits per heavy atom. The van der Waals surface area contributed by atoms with E-state index in [-0.39, 0.29) is 11.4 Å². The van der Waals surface area contributed by atoms with Crippen LogP contribution in [0.25, 0.3) is 0 Å². The summed E-state index contributed by atoms with van der Waals surface area (Å²) in [7, 11) is -3.48. The van der Waals surface area contributed by atoms with Crippen LogP contribution in [0.1, 0.15) is 25.7 Å². The van der Waals surface area contributed by atoms with Crippen LogP contribution in [0.4, 0.5) is 17.1 Å². The summed E-state index contributed by atoms with van der Waals surface area (Å²) in [6.45, 7) is 0.540. The van der Waals surface area contributed by atoms with Crippen LogP contribution in [0.15, 0.2) is 18.2 Å². The Bertz CT molecular complexity index is 631. The second-order valence-electron chi connectivity index (χ2n) is 4.81. The number of benzene rings is 1. The number of aldehydes is 1. The third-order valence-corrected chi connectivity index (χ3v) is 3.42. The van der Waals surface area contributed by atoms with Gasteiger partial charge in [0.25, 0.3) is 5.69 Å². The zero-order valence-electron chi connectivity index (χ0n) is 12.2. The highest BCUT2D eigenvalue weighted by molar-refractivity contribution is 7.92. The van der Waals surface area contributed by atoms with Crippen LogP contribution in [-0.2, 0) is 14.8 Å². The molecule has 22 heavy (non-hydrogen) atoms. The van der Waals surface area contributed by atoms with Crippen molar-refractivity contribution in [2.24, 2.45) is 0 Å². The van der Waals surface area contributed by atoms with E-state index in [1.807, 2.05) is 0 Å². The Morgan fingerprint density at radius 2 is 2.00 bits per heavy atom. The van der Waals surface area contributed by atoms with E-state index in [4.69, 9.17) is 0 Å². The average molecular weight is 329 g/mol. The van der Waals surface area contributed by atoms with Crippen molar-refractivity contribution in [1.29, 1.82) is 0 Å². The summed E-state index contributed by atoms with van der Waals surface area (Å²) < 4.78 is 24.5. The first-order chi connectivity index (χ1) is 10.3. The van der Waals surface area contributed by atoms with Gasteiger partial charge < -0.3 is 10.1 Å². The lowest BCUT2D eigenvalue weighted by molar-refractivity contribution is -0.383. The van der Waals surface area contributed by atoms with Gasteiger partial charge in [0.05, 0.1) is 16.9 Å². The zero-order valence-corrected chi connectivity index (χ0v) is 13.1. The Labute approximate surface area is 129 Å². The molecule has 0 fully saturated rings. The Morgan fingerprint density at radius 3 is 2.59 bits per heavy atom. The SMILES string of the molecule is CS(=O)(=O)Nc1ccc(NCCCCCC=O)c([N+](=O)[O-])c1. The minimum absolute atomic E-state index is 0.144. The largest absolute Gasteiger partial charge is 0.379 e. The van der Waals surface area contributed by atoms with Gasteiger partial charge in [-0.3, -0.25) is 14.8 Å². The number of nitrogens with one attached hydrogen (secondary N) is 2. The predicted molar refractivity (Wildman–Crippen MR) is 84.6 cm³/mol. The maximum absolute atomic E-state index is 11.1. The molecule has 9 heteroatoms. The number of hydrogen-bond donors (Lipinski definition) is 2. The zero-order chi connectivity index (χ0) is 16.6. The smallest absolute Gasteiger partial charge is 0.294 e.